The van der Waals surface area contributed by atoms with Gasteiger partial charge in [-0.05, 0) is 57.4 Å². The molecule has 0 spiro atoms. The van der Waals surface area contributed by atoms with Crippen LogP contribution in [0.2, 0.25) is 0 Å². The number of fused-ring (bicyclic) bond motifs is 1. The van der Waals surface area contributed by atoms with E-state index in [0.29, 0.717) is 30.4 Å². The van der Waals surface area contributed by atoms with Gasteiger partial charge in [0, 0.05) is 18.7 Å². The fraction of sp³-hybridized carbons (Fsp3) is 0.481. The van der Waals surface area contributed by atoms with Gasteiger partial charge in [0.15, 0.2) is 11.5 Å². The Morgan fingerprint density at radius 3 is 2.35 bits per heavy atom. The quantitative estimate of drug-likeness (QED) is 0.477. The third kappa shape index (κ3) is 6.94. The van der Waals surface area contributed by atoms with Crippen LogP contribution in [-0.2, 0) is 26.2 Å². The van der Waals surface area contributed by atoms with E-state index in [-0.39, 0.29) is 24.2 Å². The average molecular weight is 532 g/mol. The first kappa shape index (κ1) is 28.3. The van der Waals surface area contributed by atoms with Gasteiger partial charge in [0.1, 0.15) is 25.8 Å². The third-order valence-electron chi connectivity index (χ3n) is 6.56. The zero-order valence-electron chi connectivity index (χ0n) is 22.2. The zero-order chi connectivity index (χ0) is 27.2. The summed E-state index contributed by atoms with van der Waals surface area (Å²) >= 11 is 0. The van der Waals surface area contributed by atoms with E-state index >= 15 is 0 Å². The standard InChI is InChI=1S/C27H37N3O6S/c1-6-20(4)28-27(32)21(5)29(17-22-11-9-8-10-19(22)3)26(31)18-30(37(33,34)7-2)23-12-13-24-25(16-23)36-15-14-35-24/h8-13,16,20-21H,6-7,14-15,17-18H2,1-5H3,(H,28,32)/t20-,21-/m0/s1. The number of nitrogens with one attached hydrogen (secondary N) is 1. The number of sulfonamides is 1. The fourth-order valence-corrected chi connectivity index (χ4v) is 4.98. The van der Waals surface area contributed by atoms with Gasteiger partial charge in [-0.3, -0.25) is 13.9 Å². The van der Waals surface area contributed by atoms with E-state index in [2.05, 4.69) is 5.32 Å². The SMILES string of the molecule is CC[C@H](C)NC(=O)[C@H](C)N(Cc1ccccc1C)C(=O)CN(c1ccc2c(c1)OCCO2)S(=O)(=O)CC. The summed E-state index contributed by atoms with van der Waals surface area (Å²) in [6, 6.07) is 11.5. The Bertz CT molecular complexity index is 1220. The monoisotopic (exact) mass is 531 g/mol. The lowest BCUT2D eigenvalue weighted by Gasteiger charge is -2.33. The number of hydrogen-bond acceptors (Lipinski definition) is 6. The number of ether oxygens (including phenoxy) is 2. The van der Waals surface area contributed by atoms with Crippen LogP contribution in [0.1, 0.15) is 45.2 Å². The summed E-state index contributed by atoms with van der Waals surface area (Å²) in [5.41, 5.74) is 2.15. The van der Waals surface area contributed by atoms with Crippen molar-refractivity contribution < 1.29 is 27.5 Å². The largest absolute Gasteiger partial charge is 0.486 e. The molecule has 2 atom stereocenters. The second-order valence-electron chi connectivity index (χ2n) is 9.18. The van der Waals surface area contributed by atoms with Crippen molar-refractivity contribution in [3.05, 3.63) is 53.6 Å². The van der Waals surface area contributed by atoms with Crippen molar-refractivity contribution in [2.75, 3.05) is 29.8 Å². The lowest BCUT2D eigenvalue weighted by atomic mass is 10.1. The van der Waals surface area contributed by atoms with Gasteiger partial charge in [-0.25, -0.2) is 8.42 Å². The molecule has 2 aromatic carbocycles. The molecule has 10 heteroatoms. The first-order valence-corrected chi connectivity index (χ1v) is 14.2. The molecule has 0 bridgehead atoms. The molecule has 9 nitrogen and oxygen atoms in total. The number of nitrogens with zero attached hydrogens (tertiary/aromatic N) is 2. The van der Waals surface area contributed by atoms with Crippen LogP contribution in [0, 0.1) is 6.92 Å². The molecule has 0 fully saturated rings. The number of benzene rings is 2. The summed E-state index contributed by atoms with van der Waals surface area (Å²) in [6.07, 6.45) is 0.747. The molecule has 2 aromatic rings. The van der Waals surface area contributed by atoms with Gasteiger partial charge in [-0.15, -0.1) is 0 Å². The van der Waals surface area contributed by atoms with Gasteiger partial charge in [-0.2, -0.15) is 0 Å². The second-order valence-corrected chi connectivity index (χ2v) is 11.4. The van der Waals surface area contributed by atoms with Crippen LogP contribution in [-0.4, -0.2) is 62.7 Å². The third-order valence-corrected chi connectivity index (χ3v) is 8.30. The molecule has 0 radical (unpaired) electrons. The number of carbonyl (C=O) groups is 2. The molecule has 0 aromatic heterocycles. The Balaban J connectivity index is 1.95. The Kier molecular flexibility index (Phi) is 9.42. The maximum absolute atomic E-state index is 13.8. The second kappa shape index (κ2) is 12.3. The lowest BCUT2D eigenvalue weighted by Crippen LogP contribution is -2.52. The molecular formula is C27H37N3O6S. The fourth-order valence-electron chi connectivity index (χ4n) is 3.93. The number of carbonyl (C=O) groups excluding carboxylic acids is 2. The molecule has 1 aliphatic heterocycles. The number of aryl methyl sites for hydroxylation is 1. The summed E-state index contributed by atoms with van der Waals surface area (Å²) in [4.78, 5) is 28.3. The minimum Gasteiger partial charge on any atom is -0.486 e. The maximum Gasteiger partial charge on any atom is 0.244 e. The molecule has 1 N–H and O–H groups in total. The van der Waals surface area contributed by atoms with Crippen LogP contribution in [0.5, 0.6) is 11.5 Å². The van der Waals surface area contributed by atoms with Crippen molar-refractivity contribution in [2.45, 2.75) is 59.7 Å². The first-order valence-electron chi connectivity index (χ1n) is 12.6. The number of hydrogen-bond donors (Lipinski definition) is 1. The molecule has 3 rings (SSSR count). The Morgan fingerprint density at radius 1 is 1.03 bits per heavy atom. The first-order chi connectivity index (χ1) is 17.6. The van der Waals surface area contributed by atoms with Gasteiger partial charge in [0.2, 0.25) is 21.8 Å². The van der Waals surface area contributed by atoms with E-state index in [1.807, 2.05) is 45.0 Å². The minimum absolute atomic E-state index is 0.0555. The van der Waals surface area contributed by atoms with Crippen LogP contribution in [0.15, 0.2) is 42.5 Å². The number of anilines is 1. The molecule has 0 aliphatic carbocycles. The van der Waals surface area contributed by atoms with Crippen molar-refractivity contribution in [3.8, 4) is 11.5 Å². The molecule has 0 saturated carbocycles. The molecule has 2 amide bonds. The van der Waals surface area contributed by atoms with E-state index in [1.165, 1.54) is 11.8 Å². The van der Waals surface area contributed by atoms with Crippen LogP contribution in [0.25, 0.3) is 0 Å². The highest BCUT2D eigenvalue weighted by molar-refractivity contribution is 7.92. The van der Waals surface area contributed by atoms with Gasteiger partial charge in [-0.1, -0.05) is 31.2 Å². The summed E-state index contributed by atoms with van der Waals surface area (Å²) in [5.74, 6) is -0.0314. The number of amides is 2. The van der Waals surface area contributed by atoms with Crippen molar-refractivity contribution in [3.63, 3.8) is 0 Å². The van der Waals surface area contributed by atoms with Crippen molar-refractivity contribution in [2.24, 2.45) is 0 Å². The Morgan fingerprint density at radius 2 is 1.70 bits per heavy atom. The van der Waals surface area contributed by atoms with Crippen molar-refractivity contribution in [1.29, 1.82) is 0 Å². The summed E-state index contributed by atoms with van der Waals surface area (Å²) in [6.45, 7) is 9.46. The molecule has 37 heavy (non-hydrogen) atoms. The topological polar surface area (TPSA) is 105 Å². The predicted molar refractivity (Wildman–Crippen MR) is 143 cm³/mol. The van der Waals surface area contributed by atoms with Crippen molar-refractivity contribution in [1.82, 2.24) is 10.2 Å². The van der Waals surface area contributed by atoms with Gasteiger partial charge in [0.05, 0.1) is 11.4 Å². The molecule has 0 saturated heterocycles. The molecule has 1 heterocycles. The Labute approximate surface area is 219 Å². The molecule has 1 aliphatic rings. The van der Waals surface area contributed by atoms with E-state index in [9.17, 15) is 18.0 Å². The normalized spacial score (nSPS) is 14.4. The predicted octanol–water partition coefficient (Wildman–Crippen LogP) is 3.25. The molecule has 202 valence electrons. The van der Waals surface area contributed by atoms with Crippen LogP contribution in [0.3, 0.4) is 0 Å². The van der Waals surface area contributed by atoms with Gasteiger partial charge in [0.25, 0.3) is 0 Å². The van der Waals surface area contributed by atoms with E-state index in [0.717, 1.165) is 21.9 Å². The van der Waals surface area contributed by atoms with Crippen LogP contribution in [0.4, 0.5) is 5.69 Å². The summed E-state index contributed by atoms with van der Waals surface area (Å²) in [7, 11) is -3.83. The lowest BCUT2D eigenvalue weighted by molar-refractivity contribution is -0.139. The molecule has 0 unspecified atom stereocenters. The average Bonchev–Trinajstić information content (AvgIpc) is 2.90. The molecular weight excluding hydrogens is 494 g/mol. The Hall–Kier alpha value is -3.27. The van der Waals surface area contributed by atoms with Crippen molar-refractivity contribution >= 4 is 27.5 Å². The highest BCUT2D eigenvalue weighted by atomic mass is 32.2. The summed E-state index contributed by atoms with van der Waals surface area (Å²) in [5, 5.41) is 2.93. The smallest absolute Gasteiger partial charge is 0.244 e. The summed E-state index contributed by atoms with van der Waals surface area (Å²) < 4.78 is 38.5. The minimum atomic E-state index is -3.83. The van der Waals surface area contributed by atoms with E-state index in [4.69, 9.17) is 9.47 Å². The van der Waals surface area contributed by atoms with Crippen LogP contribution >= 0.6 is 0 Å². The van der Waals surface area contributed by atoms with E-state index in [1.54, 1.807) is 25.1 Å². The van der Waals surface area contributed by atoms with Gasteiger partial charge < -0.3 is 19.7 Å². The highest BCUT2D eigenvalue weighted by Crippen LogP contribution is 2.35. The van der Waals surface area contributed by atoms with E-state index < -0.39 is 28.5 Å². The highest BCUT2D eigenvalue weighted by Gasteiger charge is 2.32. The van der Waals surface area contributed by atoms with Crippen LogP contribution < -0.4 is 19.1 Å². The number of rotatable bonds is 11. The zero-order valence-corrected chi connectivity index (χ0v) is 23.0. The van der Waals surface area contributed by atoms with Gasteiger partial charge >= 0.3 is 0 Å². The maximum atomic E-state index is 13.8.